The highest BCUT2D eigenvalue weighted by Crippen LogP contribution is 2.33. The number of β-amino-alcohol motifs (C(OH)–C–C–N with tert-alkyl or cyclic N) is 1. The summed E-state index contributed by atoms with van der Waals surface area (Å²) in [6.45, 7) is 11.7. The Balaban J connectivity index is 1.49. The van der Waals surface area contributed by atoms with Crippen LogP contribution in [0.2, 0.25) is 0 Å². The number of hydrogen-bond donors (Lipinski definition) is 1. The van der Waals surface area contributed by atoms with E-state index in [9.17, 15) is 5.11 Å². The molecule has 1 aromatic carbocycles. The summed E-state index contributed by atoms with van der Waals surface area (Å²) in [5, 5.41) is 15.1. The van der Waals surface area contributed by atoms with Crippen LogP contribution in [0.15, 0.2) is 24.4 Å². The zero-order chi connectivity index (χ0) is 22.9. The van der Waals surface area contributed by atoms with Gasteiger partial charge in [-0.05, 0) is 75.9 Å². The molecule has 8 heteroatoms. The van der Waals surface area contributed by atoms with Crippen LogP contribution in [0.4, 0.5) is 5.82 Å². The van der Waals surface area contributed by atoms with Crippen molar-refractivity contribution in [2.24, 2.45) is 0 Å². The lowest BCUT2D eigenvalue weighted by Crippen LogP contribution is -2.44. The van der Waals surface area contributed by atoms with Crippen LogP contribution in [0.1, 0.15) is 42.6 Å². The maximum Gasteiger partial charge on any atom is 0.159 e. The molecule has 0 radical (unpaired) electrons. The number of aryl methyl sites for hydroxylation is 2. The van der Waals surface area contributed by atoms with Crippen molar-refractivity contribution in [1.82, 2.24) is 24.6 Å². The lowest BCUT2D eigenvalue weighted by Gasteiger charge is -2.34. The fourth-order valence-corrected chi connectivity index (χ4v) is 5.30. The number of piperidine rings is 1. The first kappa shape index (κ1) is 22.3. The molecule has 0 aliphatic carbocycles. The number of morpholine rings is 1. The standard InChI is InChI=1S/C25H34N6O2/c1-17-12-21-15-26-31(23(21)13-22(17)20-4-6-29(7-5-20)8-10-32)25-14-24(27-19(3)28-25)30-9-11-33-16-18(30)2/h12-15,18,20,32H,4-11,16H2,1-3H3. The Morgan fingerprint density at radius 1 is 1.06 bits per heavy atom. The highest BCUT2D eigenvalue weighted by atomic mass is 16.5. The molecule has 4 heterocycles. The minimum absolute atomic E-state index is 0.235. The van der Waals surface area contributed by atoms with Gasteiger partial charge < -0.3 is 19.6 Å². The van der Waals surface area contributed by atoms with Gasteiger partial charge in [-0.25, -0.2) is 14.6 Å². The fourth-order valence-electron chi connectivity index (χ4n) is 5.30. The van der Waals surface area contributed by atoms with Gasteiger partial charge in [0.25, 0.3) is 0 Å². The molecule has 2 aromatic heterocycles. The van der Waals surface area contributed by atoms with Gasteiger partial charge in [-0.3, -0.25) is 0 Å². The number of aromatic nitrogens is 4. The lowest BCUT2D eigenvalue weighted by molar-refractivity contribution is 0.0985. The van der Waals surface area contributed by atoms with E-state index in [-0.39, 0.29) is 12.6 Å². The van der Waals surface area contributed by atoms with E-state index in [1.807, 2.05) is 23.9 Å². The summed E-state index contributed by atoms with van der Waals surface area (Å²) >= 11 is 0. The molecule has 1 unspecified atom stereocenters. The number of benzene rings is 1. The second-order valence-corrected chi connectivity index (χ2v) is 9.41. The minimum Gasteiger partial charge on any atom is -0.395 e. The van der Waals surface area contributed by atoms with Gasteiger partial charge in [0.15, 0.2) is 5.82 Å². The third kappa shape index (κ3) is 4.47. The van der Waals surface area contributed by atoms with Gasteiger partial charge in [-0.15, -0.1) is 0 Å². The van der Waals surface area contributed by atoms with E-state index in [1.54, 1.807) is 0 Å². The molecule has 1 atom stereocenters. The van der Waals surface area contributed by atoms with E-state index < -0.39 is 0 Å². The molecule has 0 spiro atoms. The van der Waals surface area contributed by atoms with Crippen molar-refractivity contribution >= 4 is 16.7 Å². The molecule has 5 rings (SSSR count). The smallest absolute Gasteiger partial charge is 0.159 e. The number of nitrogens with zero attached hydrogens (tertiary/aromatic N) is 6. The Bertz CT molecular complexity index is 1120. The Morgan fingerprint density at radius 3 is 2.61 bits per heavy atom. The molecular weight excluding hydrogens is 416 g/mol. The largest absolute Gasteiger partial charge is 0.395 e. The number of hydrogen-bond acceptors (Lipinski definition) is 7. The SMILES string of the molecule is Cc1nc(N2CCOCC2C)cc(-n2ncc3cc(C)c(C4CCN(CCO)CC4)cc32)n1. The molecule has 2 saturated heterocycles. The third-order valence-corrected chi connectivity index (χ3v) is 7.09. The van der Waals surface area contributed by atoms with E-state index in [2.05, 4.69) is 35.8 Å². The van der Waals surface area contributed by atoms with E-state index in [1.165, 1.54) is 11.1 Å². The van der Waals surface area contributed by atoms with Crippen LogP contribution in [-0.2, 0) is 4.74 Å². The van der Waals surface area contributed by atoms with Crippen LogP contribution in [0, 0.1) is 13.8 Å². The quantitative estimate of drug-likeness (QED) is 0.640. The monoisotopic (exact) mass is 450 g/mol. The molecule has 2 aliphatic rings. The molecule has 1 N–H and O–H groups in total. The van der Waals surface area contributed by atoms with Gasteiger partial charge in [-0.1, -0.05) is 0 Å². The molecule has 0 bridgehead atoms. The highest BCUT2D eigenvalue weighted by Gasteiger charge is 2.24. The van der Waals surface area contributed by atoms with Gasteiger partial charge in [0.1, 0.15) is 11.6 Å². The van der Waals surface area contributed by atoms with Crippen molar-refractivity contribution in [2.75, 3.05) is 50.9 Å². The maximum atomic E-state index is 9.24. The molecule has 33 heavy (non-hydrogen) atoms. The van der Waals surface area contributed by atoms with Crippen molar-refractivity contribution in [3.8, 4) is 5.82 Å². The molecule has 3 aromatic rings. The van der Waals surface area contributed by atoms with E-state index >= 15 is 0 Å². The first-order valence-electron chi connectivity index (χ1n) is 12.1. The molecule has 8 nitrogen and oxygen atoms in total. The van der Waals surface area contributed by atoms with Gasteiger partial charge in [0.2, 0.25) is 0 Å². The fraction of sp³-hybridized carbons (Fsp3) is 0.560. The first-order chi connectivity index (χ1) is 16.0. The van der Waals surface area contributed by atoms with Crippen molar-refractivity contribution < 1.29 is 9.84 Å². The van der Waals surface area contributed by atoms with Crippen molar-refractivity contribution in [1.29, 1.82) is 0 Å². The van der Waals surface area contributed by atoms with Crippen LogP contribution < -0.4 is 4.90 Å². The summed E-state index contributed by atoms with van der Waals surface area (Å²) in [7, 11) is 0. The lowest BCUT2D eigenvalue weighted by atomic mass is 9.86. The summed E-state index contributed by atoms with van der Waals surface area (Å²) in [5.74, 6) is 3.01. The minimum atomic E-state index is 0.235. The molecule has 0 saturated carbocycles. The van der Waals surface area contributed by atoms with Crippen LogP contribution in [-0.4, -0.2) is 81.8 Å². The van der Waals surface area contributed by atoms with Crippen molar-refractivity contribution in [2.45, 2.75) is 45.6 Å². The summed E-state index contributed by atoms with van der Waals surface area (Å²) in [6, 6.07) is 6.90. The number of ether oxygens (including phenoxy) is 1. The molecule has 2 aliphatic heterocycles. The summed E-state index contributed by atoms with van der Waals surface area (Å²) in [5.41, 5.74) is 3.82. The van der Waals surface area contributed by atoms with Crippen molar-refractivity contribution in [3.05, 3.63) is 41.3 Å². The van der Waals surface area contributed by atoms with Gasteiger partial charge in [0, 0.05) is 24.5 Å². The average Bonchev–Trinajstić information content (AvgIpc) is 3.22. The number of fused-ring (bicyclic) bond motifs is 1. The van der Waals surface area contributed by atoms with Crippen LogP contribution >= 0.6 is 0 Å². The summed E-state index contributed by atoms with van der Waals surface area (Å²) in [6.07, 6.45) is 4.17. The second-order valence-electron chi connectivity index (χ2n) is 9.41. The predicted octanol–water partition coefficient (Wildman–Crippen LogP) is 2.83. The van der Waals surface area contributed by atoms with Gasteiger partial charge >= 0.3 is 0 Å². The third-order valence-electron chi connectivity index (χ3n) is 7.09. The number of likely N-dealkylation sites (tertiary alicyclic amines) is 1. The van der Waals surface area contributed by atoms with Crippen LogP contribution in [0.3, 0.4) is 0 Å². The second kappa shape index (κ2) is 9.37. The van der Waals surface area contributed by atoms with Crippen molar-refractivity contribution in [3.63, 3.8) is 0 Å². The molecule has 176 valence electrons. The maximum absolute atomic E-state index is 9.24. The van der Waals surface area contributed by atoms with Gasteiger partial charge in [-0.2, -0.15) is 5.10 Å². The highest BCUT2D eigenvalue weighted by molar-refractivity contribution is 5.82. The number of rotatable bonds is 5. The van der Waals surface area contributed by atoms with E-state index in [4.69, 9.17) is 19.8 Å². The van der Waals surface area contributed by atoms with E-state index in [0.717, 1.165) is 67.4 Å². The number of aliphatic hydroxyl groups excluding tert-OH is 1. The average molecular weight is 451 g/mol. The Kier molecular flexibility index (Phi) is 6.32. The summed E-state index contributed by atoms with van der Waals surface area (Å²) in [4.78, 5) is 14.1. The normalized spacial score (nSPS) is 20.6. The van der Waals surface area contributed by atoms with E-state index in [0.29, 0.717) is 19.1 Å². The summed E-state index contributed by atoms with van der Waals surface area (Å²) < 4.78 is 7.57. The number of anilines is 1. The first-order valence-corrected chi connectivity index (χ1v) is 12.1. The topological polar surface area (TPSA) is 79.5 Å². The number of aliphatic hydroxyl groups is 1. The molecular formula is C25H34N6O2. The Hall–Kier alpha value is -2.55. The molecule has 2 fully saturated rings. The van der Waals surface area contributed by atoms with Gasteiger partial charge in [0.05, 0.1) is 37.6 Å². The Labute approximate surface area is 195 Å². The zero-order valence-corrected chi connectivity index (χ0v) is 19.9. The Morgan fingerprint density at radius 2 is 1.85 bits per heavy atom. The predicted molar refractivity (Wildman–Crippen MR) is 129 cm³/mol. The van der Waals surface area contributed by atoms with Crippen LogP contribution in [0.25, 0.3) is 16.7 Å². The molecule has 0 amide bonds. The van der Waals surface area contributed by atoms with Crippen LogP contribution in [0.5, 0.6) is 0 Å². The zero-order valence-electron chi connectivity index (χ0n) is 19.9.